The van der Waals surface area contributed by atoms with Crippen LogP contribution >= 0.6 is 11.3 Å². The Hall–Kier alpha value is -1.64. The summed E-state index contributed by atoms with van der Waals surface area (Å²) in [5, 5.41) is 2.14. The van der Waals surface area contributed by atoms with E-state index < -0.39 is 10.0 Å². The van der Waals surface area contributed by atoms with Crippen LogP contribution < -0.4 is 15.2 Å². The van der Waals surface area contributed by atoms with Crippen LogP contribution in [0.15, 0.2) is 28.5 Å². The quantitative estimate of drug-likeness (QED) is 0.873. The van der Waals surface area contributed by atoms with Gasteiger partial charge in [0.2, 0.25) is 10.0 Å². The van der Waals surface area contributed by atoms with E-state index in [9.17, 15) is 8.42 Å². The summed E-state index contributed by atoms with van der Waals surface area (Å²) in [4.78, 5) is 4.23. The highest BCUT2D eigenvalue weighted by Crippen LogP contribution is 2.21. The molecular formula is C12H15N3O3S2. The maximum atomic E-state index is 12.2. The zero-order valence-electron chi connectivity index (χ0n) is 11.1. The van der Waals surface area contributed by atoms with Gasteiger partial charge in [0.15, 0.2) is 5.13 Å². The second-order valence-corrected chi connectivity index (χ2v) is 6.76. The molecule has 1 heterocycles. The summed E-state index contributed by atoms with van der Waals surface area (Å²) in [6, 6.07) is 4.81. The first-order valence-electron chi connectivity index (χ1n) is 5.76. The largest absolute Gasteiger partial charge is 0.497 e. The van der Waals surface area contributed by atoms with E-state index in [4.69, 9.17) is 10.5 Å². The van der Waals surface area contributed by atoms with Gasteiger partial charge >= 0.3 is 0 Å². The Labute approximate surface area is 121 Å². The van der Waals surface area contributed by atoms with E-state index in [1.165, 1.54) is 24.5 Å². The molecule has 0 aliphatic heterocycles. The average Bonchev–Trinajstić information content (AvgIpc) is 2.82. The van der Waals surface area contributed by atoms with Gasteiger partial charge in [-0.2, -0.15) is 0 Å². The number of nitrogens with zero attached hydrogens (tertiary/aromatic N) is 1. The number of hydrogen-bond donors (Lipinski definition) is 2. The summed E-state index contributed by atoms with van der Waals surface area (Å²) in [5.41, 5.74) is 6.72. The summed E-state index contributed by atoms with van der Waals surface area (Å²) >= 11 is 1.27. The zero-order chi connectivity index (χ0) is 14.8. The van der Waals surface area contributed by atoms with Crippen LogP contribution in [0.3, 0.4) is 0 Å². The first-order chi connectivity index (χ1) is 9.42. The number of rotatable bonds is 5. The van der Waals surface area contributed by atoms with E-state index in [1.807, 2.05) is 0 Å². The Balaban J connectivity index is 2.18. The fourth-order valence-corrected chi connectivity index (χ4v) is 3.49. The van der Waals surface area contributed by atoms with Crippen molar-refractivity contribution < 1.29 is 13.2 Å². The van der Waals surface area contributed by atoms with Crippen molar-refractivity contribution in [1.82, 2.24) is 9.71 Å². The number of anilines is 1. The molecule has 0 spiro atoms. The molecule has 0 bridgehead atoms. The molecule has 0 unspecified atom stereocenters. The summed E-state index contributed by atoms with van der Waals surface area (Å²) in [6.45, 7) is 1.83. The predicted octanol–water partition coefficient (Wildman–Crippen LogP) is 1.52. The summed E-state index contributed by atoms with van der Waals surface area (Å²) in [6.07, 6.45) is 0. The van der Waals surface area contributed by atoms with Gasteiger partial charge in [-0.3, -0.25) is 0 Å². The molecule has 2 rings (SSSR count). The normalized spacial score (nSPS) is 11.5. The van der Waals surface area contributed by atoms with Crippen molar-refractivity contribution in [3.05, 3.63) is 34.8 Å². The van der Waals surface area contributed by atoms with Gasteiger partial charge in [0.25, 0.3) is 0 Å². The lowest BCUT2D eigenvalue weighted by atomic mass is 10.2. The SMILES string of the molecule is COc1ccc(S(=O)(=O)NCc2csc(N)n2)c(C)c1. The van der Waals surface area contributed by atoms with Crippen LogP contribution in [0, 0.1) is 6.92 Å². The standard InChI is InChI=1S/C12H15N3O3S2/c1-8-5-10(18-2)3-4-11(8)20(16,17)14-6-9-7-19-12(13)15-9/h3-5,7,14H,6H2,1-2H3,(H2,13,15). The molecule has 6 nitrogen and oxygen atoms in total. The molecule has 0 saturated carbocycles. The van der Waals surface area contributed by atoms with Crippen molar-refractivity contribution in [1.29, 1.82) is 0 Å². The van der Waals surface area contributed by atoms with E-state index in [-0.39, 0.29) is 11.4 Å². The number of thiazole rings is 1. The first kappa shape index (κ1) is 14.8. The molecule has 0 saturated heterocycles. The van der Waals surface area contributed by atoms with Crippen LogP contribution in [0.1, 0.15) is 11.3 Å². The fourth-order valence-electron chi connectivity index (χ4n) is 1.70. The van der Waals surface area contributed by atoms with Crippen LogP contribution in [0.5, 0.6) is 5.75 Å². The maximum absolute atomic E-state index is 12.2. The van der Waals surface area contributed by atoms with Crippen LogP contribution in [0.25, 0.3) is 0 Å². The number of ether oxygens (including phenoxy) is 1. The molecule has 0 radical (unpaired) electrons. The van der Waals surface area contributed by atoms with Gasteiger partial charge in [-0.25, -0.2) is 18.1 Å². The lowest BCUT2D eigenvalue weighted by molar-refractivity contribution is 0.414. The molecule has 3 N–H and O–H groups in total. The van der Waals surface area contributed by atoms with Crippen LogP contribution in [0.4, 0.5) is 5.13 Å². The average molecular weight is 313 g/mol. The number of methoxy groups -OCH3 is 1. The molecule has 8 heteroatoms. The number of sulfonamides is 1. The van der Waals surface area contributed by atoms with Crippen LogP contribution in [0.2, 0.25) is 0 Å². The predicted molar refractivity (Wildman–Crippen MR) is 78.3 cm³/mol. The highest BCUT2D eigenvalue weighted by molar-refractivity contribution is 7.89. The zero-order valence-corrected chi connectivity index (χ0v) is 12.7. The molecule has 20 heavy (non-hydrogen) atoms. The molecule has 1 aromatic carbocycles. The summed E-state index contributed by atoms with van der Waals surface area (Å²) in [5.74, 6) is 0.619. The van der Waals surface area contributed by atoms with Gasteiger partial charge in [-0.15, -0.1) is 11.3 Å². The molecule has 1 aromatic heterocycles. The number of aromatic nitrogens is 1. The van der Waals surface area contributed by atoms with Crippen molar-refractivity contribution in [3.8, 4) is 5.75 Å². The third kappa shape index (κ3) is 3.27. The molecule has 0 fully saturated rings. The highest BCUT2D eigenvalue weighted by atomic mass is 32.2. The van der Waals surface area contributed by atoms with Gasteiger partial charge in [0.05, 0.1) is 24.2 Å². The Morgan fingerprint density at radius 3 is 2.75 bits per heavy atom. The minimum atomic E-state index is -3.59. The smallest absolute Gasteiger partial charge is 0.241 e. The van der Waals surface area contributed by atoms with Crippen molar-refractivity contribution in [2.75, 3.05) is 12.8 Å². The van der Waals surface area contributed by atoms with Crippen LogP contribution in [-0.4, -0.2) is 20.5 Å². The van der Waals surface area contributed by atoms with Gasteiger partial charge in [-0.1, -0.05) is 0 Å². The van der Waals surface area contributed by atoms with E-state index >= 15 is 0 Å². The lowest BCUT2D eigenvalue weighted by Crippen LogP contribution is -2.24. The maximum Gasteiger partial charge on any atom is 0.241 e. The van der Waals surface area contributed by atoms with Crippen LogP contribution in [-0.2, 0) is 16.6 Å². The van der Waals surface area contributed by atoms with E-state index in [0.29, 0.717) is 22.1 Å². The number of nitrogens with two attached hydrogens (primary N) is 1. The minimum absolute atomic E-state index is 0.113. The highest BCUT2D eigenvalue weighted by Gasteiger charge is 2.17. The number of hydrogen-bond acceptors (Lipinski definition) is 6. The molecule has 0 aliphatic carbocycles. The summed E-state index contributed by atoms with van der Waals surface area (Å²) in [7, 11) is -2.05. The monoisotopic (exact) mass is 313 g/mol. The number of benzene rings is 1. The van der Waals surface area contributed by atoms with Gasteiger partial charge in [-0.05, 0) is 30.7 Å². The Kier molecular flexibility index (Phi) is 4.26. The van der Waals surface area contributed by atoms with E-state index in [0.717, 1.165) is 0 Å². The third-order valence-electron chi connectivity index (χ3n) is 2.68. The van der Waals surface area contributed by atoms with Crippen molar-refractivity contribution in [3.63, 3.8) is 0 Å². The van der Waals surface area contributed by atoms with Gasteiger partial charge in [0, 0.05) is 5.38 Å². The second-order valence-electron chi connectivity index (χ2n) is 4.13. The number of aryl methyl sites for hydroxylation is 1. The fraction of sp³-hybridized carbons (Fsp3) is 0.250. The van der Waals surface area contributed by atoms with Crippen molar-refractivity contribution >= 4 is 26.5 Å². The number of nitrogen functional groups attached to an aromatic ring is 1. The van der Waals surface area contributed by atoms with Gasteiger partial charge < -0.3 is 10.5 Å². The molecule has 0 atom stereocenters. The molecule has 0 aliphatic rings. The van der Waals surface area contributed by atoms with Crippen molar-refractivity contribution in [2.45, 2.75) is 18.4 Å². The van der Waals surface area contributed by atoms with Crippen molar-refractivity contribution in [2.24, 2.45) is 0 Å². The molecule has 0 amide bonds. The lowest BCUT2D eigenvalue weighted by Gasteiger charge is -2.09. The summed E-state index contributed by atoms with van der Waals surface area (Å²) < 4.78 is 32.0. The van der Waals surface area contributed by atoms with E-state index in [2.05, 4.69) is 9.71 Å². The molecule has 2 aromatic rings. The van der Waals surface area contributed by atoms with E-state index in [1.54, 1.807) is 24.4 Å². The molecule has 108 valence electrons. The first-order valence-corrected chi connectivity index (χ1v) is 8.13. The Morgan fingerprint density at radius 1 is 1.45 bits per heavy atom. The Bertz CT molecular complexity index is 710. The number of nitrogens with one attached hydrogen (secondary N) is 1. The van der Waals surface area contributed by atoms with Gasteiger partial charge in [0.1, 0.15) is 5.75 Å². The Morgan fingerprint density at radius 2 is 2.20 bits per heavy atom. The molecular weight excluding hydrogens is 298 g/mol. The third-order valence-corrected chi connectivity index (χ3v) is 4.97. The topological polar surface area (TPSA) is 94.3 Å². The second kappa shape index (κ2) is 5.78. The minimum Gasteiger partial charge on any atom is -0.497 e.